The smallest absolute Gasteiger partial charge is 0.406 e. The average molecular weight is 452 g/mol. The molecule has 1 unspecified atom stereocenters. The Morgan fingerprint density at radius 3 is 2.29 bits per heavy atom. The summed E-state index contributed by atoms with van der Waals surface area (Å²) in [5.74, 6) is 0.125. The van der Waals surface area contributed by atoms with Gasteiger partial charge in [0.05, 0.1) is 10.9 Å². The standard InChI is InChI=1S/C20H19F3N4O3S/c1-13(31(24,28)29)10-14-2-4-15(5-3-14)18-11-19(26-12-25-18)27-16-6-8-17(9-7-16)30-20(21,22)23/h2-9,11-13H,10H2,1H3,(H2,24,28,29)(H,25,26,27). The first-order valence-electron chi connectivity index (χ1n) is 9.05. The molecule has 3 aromatic rings. The third-order valence-electron chi connectivity index (χ3n) is 4.36. The highest BCUT2D eigenvalue weighted by Crippen LogP contribution is 2.26. The van der Waals surface area contributed by atoms with E-state index in [-0.39, 0.29) is 5.75 Å². The van der Waals surface area contributed by atoms with Crippen LogP contribution in [0.4, 0.5) is 24.7 Å². The molecule has 0 fully saturated rings. The van der Waals surface area contributed by atoms with Gasteiger partial charge in [0, 0.05) is 17.3 Å². The minimum atomic E-state index is -4.75. The van der Waals surface area contributed by atoms with Crippen LogP contribution in [0.3, 0.4) is 0 Å². The molecule has 31 heavy (non-hydrogen) atoms. The van der Waals surface area contributed by atoms with Crippen molar-refractivity contribution in [3.05, 3.63) is 66.5 Å². The number of alkyl halides is 3. The number of benzene rings is 2. The lowest BCUT2D eigenvalue weighted by Gasteiger charge is -2.11. The van der Waals surface area contributed by atoms with Gasteiger partial charge in [-0.2, -0.15) is 0 Å². The van der Waals surface area contributed by atoms with E-state index >= 15 is 0 Å². The second-order valence-corrected chi connectivity index (χ2v) is 8.77. The quantitative estimate of drug-likeness (QED) is 0.561. The normalized spacial score (nSPS) is 12.9. The summed E-state index contributed by atoms with van der Waals surface area (Å²) in [6.07, 6.45) is -3.10. The molecular weight excluding hydrogens is 433 g/mol. The minimum absolute atomic E-state index is 0.295. The zero-order valence-corrected chi connectivity index (χ0v) is 17.1. The van der Waals surface area contributed by atoms with Crippen molar-refractivity contribution < 1.29 is 26.3 Å². The van der Waals surface area contributed by atoms with E-state index in [2.05, 4.69) is 20.0 Å². The molecule has 0 aliphatic carbocycles. The molecule has 0 aliphatic rings. The van der Waals surface area contributed by atoms with Crippen LogP contribution in [0.1, 0.15) is 12.5 Å². The van der Waals surface area contributed by atoms with E-state index in [4.69, 9.17) is 5.14 Å². The van der Waals surface area contributed by atoms with Gasteiger partial charge in [0.15, 0.2) is 0 Å². The van der Waals surface area contributed by atoms with Crippen LogP contribution in [0.2, 0.25) is 0 Å². The van der Waals surface area contributed by atoms with E-state index in [1.807, 2.05) is 0 Å². The Morgan fingerprint density at radius 2 is 1.71 bits per heavy atom. The largest absolute Gasteiger partial charge is 0.573 e. The molecule has 2 aromatic carbocycles. The summed E-state index contributed by atoms with van der Waals surface area (Å²) in [5.41, 5.74) is 2.73. The summed E-state index contributed by atoms with van der Waals surface area (Å²) in [6.45, 7) is 1.55. The zero-order chi connectivity index (χ0) is 22.6. The van der Waals surface area contributed by atoms with Crippen molar-refractivity contribution in [2.45, 2.75) is 25.0 Å². The molecule has 164 valence electrons. The fourth-order valence-corrected chi connectivity index (χ4v) is 3.16. The van der Waals surface area contributed by atoms with Crippen LogP contribution >= 0.6 is 0 Å². The Bertz CT molecular complexity index is 1140. The highest BCUT2D eigenvalue weighted by atomic mass is 32.2. The summed E-state index contributed by atoms with van der Waals surface area (Å²) in [4.78, 5) is 8.34. The maximum atomic E-state index is 12.2. The topological polar surface area (TPSA) is 107 Å². The van der Waals surface area contributed by atoms with Gasteiger partial charge >= 0.3 is 6.36 Å². The number of ether oxygens (including phenoxy) is 1. The van der Waals surface area contributed by atoms with Gasteiger partial charge in [0.25, 0.3) is 0 Å². The van der Waals surface area contributed by atoms with E-state index in [0.29, 0.717) is 23.6 Å². The predicted molar refractivity (Wildman–Crippen MR) is 110 cm³/mol. The number of nitrogens with zero attached hydrogens (tertiary/aromatic N) is 2. The maximum Gasteiger partial charge on any atom is 0.573 e. The van der Waals surface area contributed by atoms with Gasteiger partial charge in [-0.15, -0.1) is 13.2 Å². The third kappa shape index (κ3) is 6.66. The molecule has 0 saturated carbocycles. The van der Waals surface area contributed by atoms with Gasteiger partial charge in [0.2, 0.25) is 10.0 Å². The van der Waals surface area contributed by atoms with E-state index < -0.39 is 21.6 Å². The van der Waals surface area contributed by atoms with Gasteiger partial charge in [-0.3, -0.25) is 0 Å². The number of nitrogens with one attached hydrogen (secondary N) is 1. The van der Waals surface area contributed by atoms with Gasteiger partial charge < -0.3 is 10.1 Å². The number of halogens is 3. The fraction of sp³-hybridized carbons (Fsp3) is 0.200. The van der Waals surface area contributed by atoms with Crippen LogP contribution in [0.25, 0.3) is 11.3 Å². The van der Waals surface area contributed by atoms with Crippen molar-refractivity contribution in [1.82, 2.24) is 9.97 Å². The maximum absolute atomic E-state index is 12.2. The minimum Gasteiger partial charge on any atom is -0.406 e. The fourth-order valence-electron chi connectivity index (χ4n) is 2.73. The summed E-state index contributed by atoms with van der Waals surface area (Å²) < 4.78 is 63.4. The van der Waals surface area contributed by atoms with Crippen LogP contribution in [0.5, 0.6) is 5.75 Å². The first kappa shape index (κ1) is 22.5. The number of aromatic nitrogens is 2. The Kier molecular flexibility index (Phi) is 6.46. The predicted octanol–water partition coefficient (Wildman–Crippen LogP) is 4.01. The van der Waals surface area contributed by atoms with E-state index in [1.165, 1.54) is 30.6 Å². The molecular formula is C20H19F3N4O3S. The van der Waals surface area contributed by atoms with Crippen LogP contribution < -0.4 is 15.2 Å². The molecule has 0 bridgehead atoms. The first-order chi connectivity index (χ1) is 14.5. The Hall–Kier alpha value is -3.18. The second-order valence-electron chi connectivity index (χ2n) is 6.79. The van der Waals surface area contributed by atoms with Crippen LogP contribution in [-0.2, 0) is 16.4 Å². The molecule has 7 nitrogen and oxygen atoms in total. The summed E-state index contributed by atoms with van der Waals surface area (Å²) >= 11 is 0. The summed E-state index contributed by atoms with van der Waals surface area (Å²) in [5, 5.41) is 7.45. The van der Waals surface area contributed by atoms with E-state index in [1.54, 1.807) is 37.3 Å². The van der Waals surface area contributed by atoms with Crippen LogP contribution in [0, 0.1) is 0 Å². The Morgan fingerprint density at radius 1 is 1.06 bits per heavy atom. The van der Waals surface area contributed by atoms with Crippen molar-refractivity contribution >= 4 is 21.5 Å². The number of sulfonamides is 1. The van der Waals surface area contributed by atoms with Crippen molar-refractivity contribution in [2.75, 3.05) is 5.32 Å². The summed E-state index contributed by atoms with van der Waals surface area (Å²) in [7, 11) is -3.60. The lowest BCUT2D eigenvalue weighted by molar-refractivity contribution is -0.274. The highest BCUT2D eigenvalue weighted by Gasteiger charge is 2.30. The molecule has 0 amide bonds. The molecule has 11 heteroatoms. The molecule has 0 spiro atoms. The van der Waals surface area contributed by atoms with Gasteiger partial charge in [-0.25, -0.2) is 23.5 Å². The number of primary sulfonamides is 1. The van der Waals surface area contributed by atoms with Crippen molar-refractivity contribution in [3.63, 3.8) is 0 Å². The zero-order valence-electron chi connectivity index (χ0n) is 16.3. The second kappa shape index (κ2) is 8.90. The highest BCUT2D eigenvalue weighted by molar-refractivity contribution is 7.89. The summed E-state index contributed by atoms with van der Waals surface area (Å²) in [6, 6.07) is 14.1. The number of hydrogen-bond acceptors (Lipinski definition) is 6. The van der Waals surface area contributed by atoms with Crippen LogP contribution in [-0.4, -0.2) is 30.0 Å². The van der Waals surface area contributed by atoms with Crippen molar-refractivity contribution in [2.24, 2.45) is 5.14 Å². The number of rotatable bonds is 7. The molecule has 1 atom stereocenters. The molecule has 1 aromatic heterocycles. The molecule has 0 saturated heterocycles. The third-order valence-corrected chi connectivity index (χ3v) is 5.65. The SMILES string of the molecule is CC(Cc1ccc(-c2cc(Nc3ccc(OC(F)(F)F)cc3)ncn2)cc1)S(N)(=O)=O. The Labute approximate surface area is 177 Å². The van der Waals surface area contributed by atoms with Gasteiger partial charge in [-0.05, 0) is 43.2 Å². The number of nitrogens with two attached hydrogens (primary N) is 1. The lowest BCUT2D eigenvalue weighted by atomic mass is 10.1. The molecule has 3 rings (SSSR count). The molecule has 1 heterocycles. The van der Waals surface area contributed by atoms with Crippen molar-refractivity contribution in [1.29, 1.82) is 0 Å². The lowest BCUT2D eigenvalue weighted by Crippen LogP contribution is -2.27. The van der Waals surface area contributed by atoms with E-state index in [0.717, 1.165) is 11.1 Å². The number of anilines is 2. The van der Waals surface area contributed by atoms with E-state index in [9.17, 15) is 21.6 Å². The molecule has 0 radical (unpaired) electrons. The molecule has 0 aliphatic heterocycles. The van der Waals surface area contributed by atoms with Crippen molar-refractivity contribution in [3.8, 4) is 17.0 Å². The van der Waals surface area contributed by atoms with Gasteiger partial charge in [0.1, 0.15) is 17.9 Å². The Balaban J connectivity index is 1.70. The monoisotopic (exact) mass is 452 g/mol. The van der Waals surface area contributed by atoms with Crippen LogP contribution in [0.15, 0.2) is 60.9 Å². The first-order valence-corrected chi connectivity index (χ1v) is 10.7. The average Bonchev–Trinajstić information content (AvgIpc) is 2.68. The molecule has 3 N–H and O–H groups in total. The number of hydrogen-bond donors (Lipinski definition) is 2. The van der Waals surface area contributed by atoms with Gasteiger partial charge in [-0.1, -0.05) is 24.3 Å².